The van der Waals surface area contributed by atoms with E-state index < -0.39 is 5.91 Å². The Balaban J connectivity index is 1.37. The van der Waals surface area contributed by atoms with Crippen LogP contribution in [-0.4, -0.2) is 41.2 Å². The van der Waals surface area contributed by atoms with Gasteiger partial charge in [-0.25, -0.2) is 15.1 Å². The highest BCUT2D eigenvalue weighted by molar-refractivity contribution is 6.31. The first-order valence-corrected chi connectivity index (χ1v) is 11.4. The lowest BCUT2D eigenvalue weighted by Crippen LogP contribution is -2.23. The van der Waals surface area contributed by atoms with Gasteiger partial charge in [0.05, 0.1) is 11.7 Å². The summed E-state index contributed by atoms with van der Waals surface area (Å²) in [6.45, 7) is 5.98. The minimum absolute atomic E-state index is 0.0995. The second-order valence-electron chi connectivity index (χ2n) is 9.14. The molecule has 0 bridgehead atoms. The molecule has 12 heteroatoms. The molecule has 0 saturated heterocycles. The van der Waals surface area contributed by atoms with Gasteiger partial charge < -0.3 is 14.8 Å². The van der Waals surface area contributed by atoms with Crippen molar-refractivity contribution in [2.45, 2.75) is 32.7 Å². The van der Waals surface area contributed by atoms with Crippen molar-refractivity contribution in [2.24, 2.45) is 0 Å². The van der Waals surface area contributed by atoms with Crippen molar-refractivity contribution >= 4 is 28.7 Å². The van der Waals surface area contributed by atoms with Gasteiger partial charge in [-0.2, -0.15) is 10.1 Å². The normalized spacial score (nSPS) is 11.7. The van der Waals surface area contributed by atoms with Crippen LogP contribution in [0.4, 0.5) is 0 Å². The highest BCUT2D eigenvalue weighted by Crippen LogP contribution is 2.31. The van der Waals surface area contributed by atoms with Crippen LogP contribution in [0.5, 0.6) is 0 Å². The fourth-order valence-electron chi connectivity index (χ4n) is 3.52. The fourth-order valence-corrected chi connectivity index (χ4v) is 3.77. The van der Waals surface area contributed by atoms with Gasteiger partial charge >= 0.3 is 11.8 Å². The van der Waals surface area contributed by atoms with Crippen molar-refractivity contribution in [1.29, 1.82) is 0 Å². The lowest BCUT2D eigenvalue weighted by atomic mass is 9.96. The first kappa shape index (κ1) is 23.4. The molecule has 36 heavy (non-hydrogen) atoms. The summed E-state index contributed by atoms with van der Waals surface area (Å²) in [5, 5.41) is 13.3. The minimum atomic E-state index is -0.479. The number of hydrogen-bond donors (Lipinski definition) is 3. The van der Waals surface area contributed by atoms with E-state index in [0.29, 0.717) is 33.4 Å². The molecule has 0 unspecified atom stereocenters. The molecule has 1 aromatic carbocycles. The third-order valence-corrected chi connectivity index (χ3v) is 5.78. The Morgan fingerprint density at radius 2 is 1.97 bits per heavy atom. The van der Waals surface area contributed by atoms with Crippen LogP contribution in [0, 0.1) is 0 Å². The van der Waals surface area contributed by atoms with Crippen molar-refractivity contribution in [2.75, 3.05) is 0 Å². The van der Waals surface area contributed by atoms with Gasteiger partial charge in [0, 0.05) is 40.4 Å². The number of carbonyl (C=O) groups excluding carboxylic acids is 1. The van der Waals surface area contributed by atoms with E-state index in [1.165, 1.54) is 12.3 Å². The van der Waals surface area contributed by atoms with E-state index in [1.54, 1.807) is 12.3 Å². The lowest BCUT2D eigenvalue weighted by Gasteiger charge is -2.11. The standard InChI is InChI=1S/C24H21ClN8O3/c1-24(2,3)23-31-22(36-33-23)21(35)27-10-13-5-4-12(8-16(13)25)15-6-7-26-20-18(15)29-19(30-20)14-9-17(34)32-28-11-14/h4-9,11H,10H2,1-3H3,(H,27,35)(H,32,34)(H,26,29,30). The maximum Gasteiger partial charge on any atom is 0.315 e. The number of aromatic amines is 2. The first-order valence-electron chi connectivity index (χ1n) is 11.0. The molecule has 3 N–H and O–H groups in total. The number of aromatic nitrogens is 7. The van der Waals surface area contributed by atoms with Crippen LogP contribution < -0.4 is 10.9 Å². The van der Waals surface area contributed by atoms with Crippen LogP contribution >= 0.6 is 11.6 Å². The van der Waals surface area contributed by atoms with Gasteiger partial charge in [-0.15, -0.1) is 0 Å². The zero-order chi connectivity index (χ0) is 25.4. The summed E-state index contributed by atoms with van der Waals surface area (Å²) in [6, 6.07) is 8.77. The van der Waals surface area contributed by atoms with E-state index in [-0.39, 0.29) is 23.4 Å². The molecule has 4 aromatic heterocycles. The average molecular weight is 505 g/mol. The molecule has 0 aliphatic heterocycles. The number of H-pyrrole nitrogens is 2. The molecule has 0 aliphatic rings. The Morgan fingerprint density at radius 1 is 1.14 bits per heavy atom. The molecule has 5 rings (SSSR count). The number of imidazole rings is 1. The Hall–Kier alpha value is -4.38. The summed E-state index contributed by atoms with van der Waals surface area (Å²) in [5.41, 5.74) is 3.44. The molecule has 4 heterocycles. The van der Waals surface area contributed by atoms with Gasteiger partial charge in [0.15, 0.2) is 11.5 Å². The summed E-state index contributed by atoms with van der Waals surface area (Å²) in [7, 11) is 0. The highest BCUT2D eigenvalue weighted by atomic mass is 35.5. The van der Waals surface area contributed by atoms with Crippen LogP contribution in [0.2, 0.25) is 5.02 Å². The number of halogens is 1. The number of amides is 1. The maximum atomic E-state index is 12.5. The SMILES string of the molecule is CC(C)(C)c1noc(C(=O)NCc2ccc(-c3ccnc4nc(-c5cn[nH]c(=O)c5)[nH]c34)cc2Cl)n1. The second kappa shape index (κ2) is 9.00. The predicted octanol–water partition coefficient (Wildman–Crippen LogP) is 3.64. The third-order valence-electron chi connectivity index (χ3n) is 5.43. The van der Waals surface area contributed by atoms with Crippen molar-refractivity contribution in [3.63, 3.8) is 0 Å². The van der Waals surface area contributed by atoms with Crippen molar-refractivity contribution < 1.29 is 9.32 Å². The number of nitrogens with zero attached hydrogens (tertiary/aromatic N) is 5. The van der Waals surface area contributed by atoms with Crippen molar-refractivity contribution in [3.8, 4) is 22.5 Å². The molecule has 1 amide bonds. The van der Waals surface area contributed by atoms with E-state index in [2.05, 4.69) is 40.6 Å². The van der Waals surface area contributed by atoms with E-state index in [0.717, 1.165) is 16.7 Å². The van der Waals surface area contributed by atoms with Crippen LogP contribution in [0.1, 0.15) is 42.8 Å². The smallest absolute Gasteiger partial charge is 0.315 e. The quantitative estimate of drug-likeness (QED) is 0.327. The zero-order valence-corrected chi connectivity index (χ0v) is 20.3. The number of fused-ring (bicyclic) bond motifs is 1. The van der Waals surface area contributed by atoms with Gasteiger partial charge in [-0.3, -0.25) is 9.59 Å². The van der Waals surface area contributed by atoms with E-state index in [1.807, 2.05) is 39.0 Å². The molecule has 182 valence electrons. The number of benzene rings is 1. The number of carbonyl (C=O) groups is 1. The summed E-state index contributed by atoms with van der Waals surface area (Å²) in [5.74, 6) is 0.353. The van der Waals surface area contributed by atoms with Gasteiger partial charge in [0.1, 0.15) is 5.82 Å². The molecule has 11 nitrogen and oxygen atoms in total. The highest BCUT2D eigenvalue weighted by Gasteiger charge is 2.23. The monoisotopic (exact) mass is 504 g/mol. The summed E-state index contributed by atoms with van der Waals surface area (Å²) >= 11 is 6.55. The Kier molecular flexibility index (Phi) is 5.84. The molecule has 5 aromatic rings. The fraction of sp³-hybridized carbons (Fsp3) is 0.208. The summed E-state index contributed by atoms with van der Waals surface area (Å²) in [6.07, 6.45) is 3.16. The van der Waals surface area contributed by atoms with Crippen molar-refractivity contribution in [1.82, 2.24) is 40.6 Å². The van der Waals surface area contributed by atoms with Crippen LogP contribution in [0.25, 0.3) is 33.7 Å². The van der Waals surface area contributed by atoms with E-state index >= 15 is 0 Å². The average Bonchev–Trinajstić information content (AvgIpc) is 3.51. The van der Waals surface area contributed by atoms with Gasteiger partial charge in [-0.05, 0) is 23.3 Å². The van der Waals surface area contributed by atoms with E-state index in [9.17, 15) is 9.59 Å². The molecule has 0 aliphatic carbocycles. The molecule has 0 saturated carbocycles. The number of pyridine rings is 1. The number of rotatable bonds is 5. The molecule has 0 fully saturated rings. The largest absolute Gasteiger partial charge is 0.344 e. The van der Waals surface area contributed by atoms with E-state index in [4.69, 9.17) is 16.1 Å². The molecular weight excluding hydrogens is 484 g/mol. The van der Waals surface area contributed by atoms with Crippen molar-refractivity contribution in [3.05, 3.63) is 75.4 Å². The third kappa shape index (κ3) is 4.60. The Labute approximate surface area is 209 Å². The number of hydrogen-bond acceptors (Lipinski definition) is 8. The van der Waals surface area contributed by atoms with Gasteiger partial charge in [0.2, 0.25) is 0 Å². The molecular formula is C24H21ClN8O3. The Morgan fingerprint density at radius 3 is 2.69 bits per heavy atom. The minimum Gasteiger partial charge on any atom is -0.344 e. The topological polar surface area (TPSA) is 155 Å². The van der Waals surface area contributed by atoms with Crippen LogP contribution in [0.3, 0.4) is 0 Å². The number of nitrogens with one attached hydrogen (secondary N) is 3. The molecule has 0 radical (unpaired) electrons. The molecule has 0 atom stereocenters. The maximum absolute atomic E-state index is 12.5. The van der Waals surface area contributed by atoms with Gasteiger partial charge in [-0.1, -0.05) is 49.7 Å². The predicted molar refractivity (Wildman–Crippen MR) is 132 cm³/mol. The Bertz CT molecular complexity index is 1650. The van der Waals surface area contributed by atoms with Crippen LogP contribution in [0.15, 0.2) is 52.0 Å². The van der Waals surface area contributed by atoms with Gasteiger partial charge in [0.25, 0.3) is 5.56 Å². The van der Waals surface area contributed by atoms with Crippen LogP contribution in [-0.2, 0) is 12.0 Å². The lowest BCUT2D eigenvalue weighted by molar-refractivity contribution is 0.0907. The second-order valence-corrected chi connectivity index (χ2v) is 9.55. The first-order chi connectivity index (χ1) is 17.2. The zero-order valence-electron chi connectivity index (χ0n) is 19.6. The summed E-state index contributed by atoms with van der Waals surface area (Å²) in [4.78, 5) is 40.3. The summed E-state index contributed by atoms with van der Waals surface area (Å²) < 4.78 is 5.09. The molecule has 0 spiro atoms.